The molecular formula is C24H18N2S3. The van der Waals surface area contributed by atoms with Crippen molar-refractivity contribution in [1.29, 1.82) is 0 Å². The van der Waals surface area contributed by atoms with Gasteiger partial charge in [0.2, 0.25) is 0 Å². The summed E-state index contributed by atoms with van der Waals surface area (Å²) in [5.41, 5.74) is 3.67. The highest BCUT2D eigenvalue weighted by Crippen LogP contribution is 2.43. The van der Waals surface area contributed by atoms with Crippen molar-refractivity contribution in [3.05, 3.63) is 59.0 Å². The maximum atomic E-state index is 4.78. The molecule has 0 saturated heterocycles. The standard InChI is InChI=1S/C24H18N2S3/c1-24(2,3)17-9-15(8-14-5-7-28-22(14)17)21-20-16-11-18-13(4-6-27-18)10-19(16)29-23(20)26-12-25-21/h4-12H,1-3H3. The van der Waals surface area contributed by atoms with Crippen LogP contribution in [0.25, 0.3) is 51.7 Å². The zero-order chi connectivity index (χ0) is 19.8. The van der Waals surface area contributed by atoms with Crippen LogP contribution >= 0.6 is 34.0 Å². The minimum Gasteiger partial charge on any atom is -0.236 e. The SMILES string of the molecule is CC(C)(C)c1cc(-c2ncnc3sc4cc5ccsc5cc4c23)cc2ccsc12. The van der Waals surface area contributed by atoms with Gasteiger partial charge >= 0.3 is 0 Å². The maximum Gasteiger partial charge on any atom is 0.128 e. The van der Waals surface area contributed by atoms with Crippen LogP contribution in [-0.2, 0) is 5.41 Å². The Labute approximate surface area is 180 Å². The lowest BCUT2D eigenvalue weighted by atomic mass is 9.85. The normalized spacial score (nSPS) is 12.7. The summed E-state index contributed by atoms with van der Waals surface area (Å²) in [4.78, 5) is 10.5. The smallest absolute Gasteiger partial charge is 0.128 e. The zero-order valence-corrected chi connectivity index (χ0v) is 18.8. The molecule has 0 saturated carbocycles. The van der Waals surface area contributed by atoms with Gasteiger partial charge in [-0.05, 0) is 68.9 Å². The summed E-state index contributed by atoms with van der Waals surface area (Å²) in [5, 5.41) is 9.39. The molecule has 4 heterocycles. The van der Waals surface area contributed by atoms with Crippen molar-refractivity contribution in [2.24, 2.45) is 0 Å². The second-order valence-electron chi connectivity index (χ2n) is 8.42. The van der Waals surface area contributed by atoms with Crippen LogP contribution in [0.2, 0.25) is 0 Å². The van der Waals surface area contributed by atoms with E-state index in [9.17, 15) is 0 Å². The highest BCUT2D eigenvalue weighted by Gasteiger charge is 2.21. The molecule has 0 aliphatic heterocycles. The van der Waals surface area contributed by atoms with E-state index in [1.165, 1.54) is 46.8 Å². The molecule has 0 N–H and O–H groups in total. The van der Waals surface area contributed by atoms with Gasteiger partial charge in [-0.15, -0.1) is 34.0 Å². The Balaban J connectivity index is 1.72. The van der Waals surface area contributed by atoms with E-state index >= 15 is 0 Å². The van der Waals surface area contributed by atoms with E-state index in [4.69, 9.17) is 4.98 Å². The lowest BCUT2D eigenvalue weighted by Crippen LogP contribution is -2.11. The molecular weight excluding hydrogens is 412 g/mol. The molecule has 6 aromatic rings. The summed E-state index contributed by atoms with van der Waals surface area (Å²) < 4.78 is 3.97. The van der Waals surface area contributed by atoms with Gasteiger partial charge in [0.15, 0.2) is 0 Å². The van der Waals surface area contributed by atoms with Gasteiger partial charge in [-0.3, -0.25) is 0 Å². The van der Waals surface area contributed by atoms with Crippen LogP contribution in [0.3, 0.4) is 0 Å². The zero-order valence-electron chi connectivity index (χ0n) is 16.3. The van der Waals surface area contributed by atoms with Gasteiger partial charge in [-0.2, -0.15) is 0 Å². The fourth-order valence-corrected chi connectivity index (χ4v) is 7.05. The van der Waals surface area contributed by atoms with Crippen molar-refractivity contribution in [3.8, 4) is 11.3 Å². The highest BCUT2D eigenvalue weighted by molar-refractivity contribution is 7.25. The lowest BCUT2D eigenvalue weighted by Gasteiger charge is -2.21. The van der Waals surface area contributed by atoms with Crippen LogP contribution in [-0.4, -0.2) is 9.97 Å². The number of thiophene rings is 3. The van der Waals surface area contributed by atoms with E-state index in [0.29, 0.717) is 0 Å². The molecule has 0 radical (unpaired) electrons. The molecule has 0 fully saturated rings. The lowest BCUT2D eigenvalue weighted by molar-refractivity contribution is 0.597. The molecule has 0 bridgehead atoms. The Hall–Kier alpha value is -2.34. The first kappa shape index (κ1) is 17.5. The summed E-state index contributed by atoms with van der Waals surface area (Å²) >= 11 is 5.37. The van der Waals surface area contributed by atoms with Crippen LogP contribution < -0.4 is 0 Å². The molecule has 0 amide bonds. The van der Waals surface area contributed by atoms with E-state index < -0.39 is 0 Å². The van der Waals surface area contributed by atoms with Crippen molar-refractivity contribution in [1.82, 2.24) is 9.97 Å². The Kier molecular flexibility index (Phi) is 3.67. The van der Waals surface area contributed by atoms with E-state index in [0.717, 1.165) is 10.5 Å². The average Bonchev–Trinajstić information content (AvgIpc) is 3.41. The monoisotopic (exact) mass is 430 g/mol. The third-order valence-electron chi connectivity index (χ3n) is 5.48. The van der Waals surface area contributed by atoms with E-state index in [1.54, 1.807) is 29.0 Å². The second kappa shape index (κ2) is 6.08. The minimum atomic E-state index is 0.0745. The van der Waals surface area contributed by atoms with E-state index in [2.05, 4.69) is 72.9 Å². The predicted octanol–water partition coefficient (Wildman–Crippen LogP) is 8.24. The van der Waals surface area contributed by atoms with Gasteiger partial charge in [-0.25, -0.2) is 9.97 Å². The molecule has 0 atom stereocenters. The quantitative estimate of drug-likeness (QED) is 0.262. The number of hydrogen-bond donors (Lipinski definition) is 0. The van der Waals surface area contributed by atoms with Crippen molar-refractivity contribution in [2.75, 3.05) is 0 Å². The Bertz CT molecular complexity index is 1540. The number of nitrogens with zero attached hydrogens (tertiary/aromatic N) is 2. The van der Waals surface area contributed by atoms with Gasteiger partial charge in [0, 0.05) is 30.4 Å². The maximum absolute atomic E-state index is 4.78. The van der Waals surface area contributed by atoms with Gasteiger partial charge in [0.25, 0.3) is 0 Å². The third-order valence-corrected chi connectivity index (χ3v) is 8.38. The number of benzene rings is 2. The molecule has 0 unspecified atom stereocenters. The Morgan fingerprint density at radius 3 is 2.52 bits per heavy atom. The first-order chi connectivity index (χ1) is 14.0. The molecule has 2 nitrogen and oxygen atoms in total. The summed E-state index contributed by atoms with van der Waals surface area (Å²) in [6, 6.07) is 13.6. The molecule has 0 aliphatic rings. The Morgan fingerprint density at radius 1 is 0.828 bits per heavy atom. The molecule has 142 valence electrons. The summed E-state index contributed by atoms with van der Waals surface area (Å²) in [6.07, 6.45) is 1.71. The number of aromatic nitrogens is 2. The van der Waals surface area contributed by atoms with Crippen LogP contribution in [0, 0.1) is 0 Å². The first-order valence-electron chi connectivity index (χ1n) is 9.55. The summed E-state index contributed by atoms with van der Waals surface area (Å²) in [6.45, 7) is 6.86. The summed E-state index contributed by atoms with van der Waals surface area (Å²) in [5.74, 6) is 0. The van der Waals surface area contributed by atoms with Crippen molar-refractivity contribution in [2.45, 2.75) is 26.2 Å². The number of hydrogen-bond acceptors (Lipinski definition) is 5. The van der Waals surface area contributed by atoms with Crippen LogP contribution in [0.15, 0.2) is 53.5 Å². The average molecular weight is 431 g/mol. The number of fused-ring (bicyclic) bond motifs is 5. The van der Waals surface area contributed by atoms with Crippen molar-refractivity contribution >= 4 is 74.5 Å². The Morgan fingerprint density at radius 2 is 1.66 bits per heavy atom. The highest BCUT2D eigenvalue weighted by atomic mass is 32.1. The van der Waals surface area contributed by atoms with Crippen molar-refractivity contribution in [3.63, 3.8) is 0 Å². The number of rotatable bonds is 1. The minimum absolute atomic E-state index is 0.0745. The van der Waals surface area contributed by atoms with Gasteiger partial charge in [0.05, 0.1) is 5.69 Å². The third kappa shape index (κ3) is 2.65. The second-order valence-corrected chi connectivity index (χ2v) is 11.3. The molecule has 6 rings (SSSR count). The van der Waals surface area contributed by atoms with Crippen LogP contribution in [0.1, 0.15) is 26.3 Å². The summed E-state index contributed by atoms with van der Waals surface area (Å²) in [7, 11) is 0. The molecule has 0 spiro atoms. The first-order valence-corrected chi connectivity index (χ1v) is 12.1. The largest absolute Gasteiger partial charge is 0.236 e. The van der Waals surface area contributed by atoms with E-state index in [1.807, 2.05) is 11.3 Å². The van der Waals surface area contributed by atoms with Crippen LogP contribution in [0.5, 0.6) is 0 Å². The fraction of sp³-hybridized carbons (Fsp3) is 0.167. The molecule has 2 aromatic carbocycles. The van der Waals surface area contributed by atoms with Gasteiger partial charge < -0.3 is 0 Å². The van der Waals surface area contributed by atoms with Gasteiger partial charge in [0.1, 0.15) is 11.2 Å². The van der Waals surface area contributed by atoms with Gasteiger partial charge in [-0.1, -0.05) is 20.8 Å². The topological polar surface area (TPSA) is 25.8 Å². The molecule has 29 heavy (non-hydrogen) atoms. The fourth-order valence-electron chi connectivity index (χ4n) is 4.06. The van der Waals surface area contributed by atoms with Crippen LogP contribution in [0.4, 0.5) is 0 Å². The molecule has 4 aromatic heterocycles. The molecule has 5 heteroatoms. The predicted molar refractivity (Wildman–Crippen MR) is 130 cm³/mol. The van der Waals surface area contributed by atoms with Crippen molar-refractivity contribution < 1.29 is 0 Å². The molecule has 0 aliphatic carbocycles. The van der Waals surface area contributed by atoms with E-state index in [-0.39, 0.29) is 5.41 Å².